The molecule has 4 nitrogen and oxygen atoms in total. The molecule has 0 saturated heterocycles. The van der Waals surface area contributed by atoms with Crippen molar-refractivity contribution in [2.75, 3.05) is 0 Å². The van der Waals surface area contributed by atoms with Crippen LogP contribution in [0.25, 0.3) is 73.4 Å². The lowest BCUT2D eigenvalue weighted by Crippen LogP contribution is -2.45. The van der Waals surface area contributed by atoms with E-state index >= 15 is 0 Å². The van der Waals surface area contributed by atoms with Crippen LogP contribution in [-0.2, 0) is 0 Å². The van der Waals surface area contributed by atoms with Gasteiger partial charge in [0, 0.05) is 62.2 Å². The summed E-state index contributed by atoms with van der Waals surface area (Å²) in [7, 11) is 0. The highest BCUT2D eigenvalue weighted by Crippen LogP contribution is 2.42. The molecule has 2 unspecified atom stereocenters. The Morgan fingerprint density at radius 3 is 2.18 bits per heavy atom. The third kappa shape index (κ3) is 4.65. The summed E-state index contributed by atoms with van der Waals surface area (Å²) in [6.07, 6.45) is -0.367. The van der Waals surface area contributed by atoms with Crippen molar-refractivity contribution >= 4 is 90.8 Å². The molecule has 1 aliphatic rings. The van der Waals surface area contributed by atoms with Gasteiger partial charge in [0.2, 0.25) is 0 Å². The van der Waals surface area contributed by atoms with Gasteiger partial charge in [-0.3, -0.25) is 5.32 Å². The average Bonchev–Trinajstić information content (AvgIpc) is 3.88. The summed E-state index contributed by atoms with van der Waals surface area (Å²) in [5.74, 6) is 0.890. The van der Waals surface area contributed by atoms with Crippen LogP contribution in [0, 0.1) is 0 Å². The Labute approximate surface area is 301 Å². The minimum absolute atomic E-state index is 0.133. The summed E-state index contributed by atoms with van der Waals surface area (Å²) in [5, 5.41) is 15.1. The smallest absolute Gasteiger partial charge is 0.143 e. The van der Waals surface area contributed by atoms with Crippen LogP contribution in [0.3, 0.4) is 0 Å². The minimum atomic E-state index is -0.234. The van der Waals surface area contributed by atoms with E-state index in [0.29, 0.717) is 0 Å². The van der Waals surface area contributed by atoms with Crippen LogP contribution in [0.15, 0.2) is 161 Å². The normalized spacial score (nSPS) is 16.4. The number of nitrogens with one attached hydrogen (secondary N) is 2. The lowest BCUT2D eigenvalue weighted by atomic mass is 10.0. The first-order valence-electron chi connectivity index (χ1n) is 17.2. The Hall–Kier alpha value is -5.79. The van der Waals surface area contributed by atoms with Gasteiger partial charge < -0.3 is 9.73 Å². The Morgan fingerprint density at radius 2 is 1.25 bits per heavy atom. The summed E-state index contributed by atoms with van der Waals surface area (Å²) < 4.78 is 11.5. The van der Waals surface area contributed by atoms with E-state index < -0.39 is 0 Å². The predicted molar refractivity (Wildman–Crippen MR) is 216 cm³/mol. The monoisotopic (exact) mass is 691 g/mol. The highest BCUT2D eigenvalue weighted by Gasteiger charge is 2.28. The van der Waals surface area contributed by atoms with Gasteiger partial charge in [-0.25, -0.2) is 4.99 Å². The van der Waals surface area contributed by atoms with Gasteiger partial charge in [0.1, 0.15) is 29.3 Å². The molecule has 0 spiro atoms. The first kappa shape index (κ1) is 29.0. The first-order chi connectivity index (χ1) is 25.2. The number of rotatable bonds is 4. The molecule has 3 aromatic heterocycles. The van der Waals surface area contributed by atoms with E-state index in [0.717, 1.165) is 50.0 Å². The second-order valence-corrected chi connectivity index (χ2v) is 15.3. The third-order valence-corrected chi connectivity index (χ3v) is 12.4. The van der Waals surface area contributed by atoms with Crippen molar-refractivity contribution < 1.29 is 4.42 Å². The Balaban J connectivity index is 1.01. The van der Waals surface area contributed by atoms with Gasteiger partial charge in [-0.15, -0.1) is 22.7 Å². The molecule has 2 N–H and O–H groups in total. The standard InChI is InChI=1S/C45H29N3OS2/c1-2-10-26(11-3-1)43-46-44(48-45(47-43)35-16-9-19-38-41(35)34-13-5-7-18-37(34)50-38)28-21-23-32-31-22-20-27(24-39(31)51-40(32)25-28)29-14-8-15-33-30-12-4-6-17-36(30)49-42(29)33/h1-25,44-45,48H,(H,46,47). The number of nitrogens with zero attached hydrogens (tertiary/aromatic N) is 1. The van der Waals surface area contributed by atoms with Crippen molar-refractivity contribution in [2.24, 2.45) is 4.99 Å². The van der Waals surface area contributed by atoms with E-state index in [1.165, 1.54) is 45.9 Å². The number of thiophene rings is 2. The van der Waals surface area contributed by atoms with Crippen molar-refractivity contribution in [2.45, 2.75) is 12.3 Å². The Kier molecular flexibility index (Phi) is 6.46. The van der Waals surface area contributed by atoms with Gasteiger partial charge in [0.25, 0.3) is 0 Å². The zero-order chi connectivity index (χ0) is 33.5. The number of furan rings is 1. The van der Waals surface area contributed by atoms with E-state index in [1.807, 2.05) is 34.8 Å². The molecule has 1 aliphatic heterocycles. The Morgan fingerprint density at radius 1 is 0.529 bits per heavy atom. The predicted octanol–water partition coefficient (Wildman–Crippen LogP) is 12.3. The summed E-state index contributed by atoms with van der Waals surface area (Å²) in [6, 6.07) is 54.2. The number of aliphatic imine (C=N–C) groups is 1. The molecular weight excluding hydrogens is 663 g/mol. The molecule has 51 heavy (non-hydrogen) atoms. The van der Waals surface area contributed by atoms with Crippen molar-refractivity contribution in [1.82, 2.24) is 10.6 Å². The molecule has 6 heteroatoms. The van der Waals surface area contributed by atoms with Crippen LogP contribution < -0.4 is 10.6 Å². The van der Waals surface area contributed by atoms with Gasteiger partial charge in [-0.2, -0.15) is 0 Å². The van der Waals surface area contributed by atoms with Crippen LogP contribution in [0.2, 0.25) is 0 Å². The number of amidine groups is 1. The maximum atomic E-state index is 6.39. The van der Waals surface area contributed by atoms with Crippen molar-refractivity contribution in [3.05, 3.63) is 168 Å². The summed E-state index contributed by atoms with van der Waals surface area (Å²) in [4.78, 5) is 5.28. The Bertz CT molecular complexity index is 3010. The zero-order valence-electron chi connectivity index (χ0n) is 27.3. The second-order valence-electron chi connectivity index (χ2n) is 13.2. The van der Waals surface area contributed by atoms with Gasteiger partial charge in [0.15, 0.2) is 0 Å². The number of benzene rings is 7. The van der Waals surface area contributed by atoms with Crippen molar-refractivity contribution in [3.8, 4) is 11.1 Å². The highest BCUT2D eigenvalue weighted by molar-refractivity contribution is 7.26. The quantitative estimate of drug-likeness (QED) is 0.193. The molecule has 0 radical (unpaired) electrons. The molecule has 4 heterocycles. The fourth-order valence-corrected chi connectivity index (χ4v) is 10.1. The number of hydrogen-bond donors (Lipinski definition) is 2. The molecule has 2 atom stereocenters. The van der Waals surface area contributed by atoms with Crippen LogP contribution in [0.4, 0.5) is 0 Å². The maximum absolute atomic E-state index is 6.39. The third-order valence-electron chi connectivity index (χ3n) is 10.2. The molecule has 11 rings (SSSR count). The number of para-hydroxylation sites is 2. The molecule has 0 fully saturated rings. The summed E-state index contributed by atoms with van der Waals surface area (Å²) in [6.45, 7) is 0. The van der Waals surface area contributed by atoms with Crippen molar-refractivity contribution in [1.29, 1.82) is 0 Å². The maximum Gasteiger partial charge on any atom is 0.143 e. The van der Waals surface area contributed by atoms with E-state index in [1.54, 1.807) is 0 Å². The van der Waals surface area contributed by atoms with Crippen LogP contribution in [0.5, 0.6) is 0 Å². The first-order valence-corrected chi connectivity index (χ1v) is 18.8. The second kappa shape index (κ2) is 11.4. The average molecular weight is 692 g/mol. The van der Waals surface area contributed by atoms with Crippen LogP contribution in [-0.4, -0.2) is 5.84 Å². The zero-order valence-corrected chi connectivity index (χ0v) is 28.9. The van der Waals surface area contributed by atoms with E-state index in [9.17, 15) is 0 Å². The van der Waals surface area contributed by atoms with Gasteiger partial charge in [-0.05, 0) is 47.0 Å². The van der Waals surface area contributed by atoms with E-state index in [4.69, 9.17) is 9.41 Å². The van der Waals surface area contributed by atoms with Crippen LogP contribution >= 0.6 is 22.7 Å². The molecule has 0 saturated carbocycles. The molecular formula is C45H29N3OS2. The summed E-state index contributed by atoms with van der Waals surface area (Å²) in [5.41, 5.74) is 7.58. The molecule has 10 aromatic rings. The lowest BCUT2D eigenvalue weighted by Gasteiger charge is -2.32. The van der Waals surface area contributed by atoms with Gasteiger partial charge >= 0.3 is 0 Å². The minimum Gasteiger partial charge on any atom is -0.455 e. The highest BCUT2D eigenvalue weighted by atomic mass is 32.1. The fourth-order valence-electron chi connectivity index (χ4n) is 7.78. The van der Waals surface area contributed by atoms with Crippen molar-refractivity contribution in [3.63, 3.8) is 0 Å². The fraction of sp³-hybridized carbons (Fsp3) is 0.0444. The molecule has 0 bridgehead atoms. The van der Waals surface area contributed by atoms with Crippen LogP contribution in [0.1, 0.15) is 29.0 Å². The topological polar surface area (TPSA) is 49.6 Å². The van der Waals surface area contributed by atoms with Gasteiger partial charge in [-0.1, -0.05) is 121 Å². The molecule has 0 amide bonds. The van der Waals surface area contributed by atoms with Gasteiger partial charge in [0.05, 0.1) is 0 Å². The molecule has 0 aliphatic carbocycles. The molecule has 7 aromatic carbocycles. The summed E-state index contributed by atoms with van der Waals surface area (Å²) >= 11 is 3.69. The molecule has 242 valence electrons. The largest absolute Gasteiger partial charge is 0.455 e. The lowest BCUT2D eigenvalue weighted by molar-refractivity contribution is 0.411. The van der Waals surface area contributed by atoms with E-state index in [-0.39, 0.29) is 12.3 Å². The SMILES string of the molecule is c1ccc(C2=NC(c3ccc4c(c3)sc3cc(-c5cccc6c5oc5ccccc56)ccc34)NC(c3cccc4sc5ccccc5c34)N2)cc1. The number of fused-ring (bicyclic) bond motifs is 9. The number of hydrogen-bond acceptors (Lipinski definition) is 6. The van der Waals surface area contributed by atoms with E-state index in [2.05, 4.69) is 150 Å².